The van der Waals surface area contributed by atoms with E-state index < -0.39 is 0 Å². The van der Waals surface area contributed by atoms with Crippen molar-refractivity contribution < 1.29 is 9.26 Å². The standard InChI is InChI=1S/C13H14BrN3O2/c1-18-10-3-2-8(6-9(10)14)11-16-12(19-17-11)13(7-15)4-5-13/h2-3,6H,4-5,7,15H2,1H3. The summed E-state index contributed by atoms with van der Waals surface area (Å²) >= 11 is 3.45. The van der Waals surface area contributed by atoms with Crippen LogP contribution in [-0.4, -0.2) is 23.8 Å². The van der Waals surface area contributed by atoms with Crippen LogP contribution in [0.15, 0.2) is 27.2 Å². The van der Waals surface area contributed by atoms with Gasteiger partial charge in [-0.15, -0.1) is 0 Å². The average molecular weight is 324 g/mol. The van der Waals surface area contributed by atoms with Crippen LogP contribution in [0, 0.1) is 0 Å². The zero-order valence-corrected chi connectivity index (χ0v) is 12.1. The molecule has 1 aliphatic rings. The Bertz CT molecular complexity index is 608. The molecular weight excluding hydrogens is 310 g/mol. The number of benzene rings is 1. The second-order valence-electron chi connectivity index (χ2n) is 4.76. The zero-order valence-electron chi connectivity index (χ0n) is 10.5. The first-order chi connectivity index (χ1) is 9.18. The molecule has 1 aromatic carbocycles. The number of nitrogens with zero attached hydrogens (tertiary/aromatic N) is 2. The van der Waals surface area contributed by atoms with Crippen molar-refractivity contribution in [3.63, 3.8) is 0 Å². The van der Waals surface area contributed by atoms with Gasteiger partial charge in [-0.1, -0.05) is 5.16 Å². The van der Waals surface area contributed by atoms with E-state index in [0.29, 0.717) is 18.3 Å². The number of nitrogens with two attached hydrogens (primary N) is 1. The summed E-state index contributed by atoms with van der Waals surface area (Å²) in [6.45, 7) is 0.556. The lowest BCUT2D eigenvalue weighted by molar-refractivity contribution is 0.347. The van der Waals surface area contributed by atoms with Gasteiger partial charge in [0.05, 0.1) is 17.0 Å². The van der Waals surface area contributed by atoms with Crippen LogP contribution >= 0.6 is 15.9 Å². The second-order valence-corrected chi connectivity index (χ2v) is 5.61. The molecule has 1 aromatic heterocycles. The van der Waals surface area contributed by atoms with E-state index in [4.69, 9.17) is 15.0 Å². The summed E-state index contributed by atoms with van der Waals surface area (Å²) in [6.07, 6.45) is 2.05. The Morgan fingerprint density at radius 1 is 1.47 bits per heavy atom. The van der Waals surface area contributed by atoms with E-state index in [-0.39, 0.29) is 5.41 Å². The smallest absolute Gasteiger partial charge is 0.234 e. The Hall–Kier alpha value is -1.40. The summed E-state index contributed by atoms with van der Waals surface area (Å²) in [4.78, 5) is 4.46. The van der Waals surface area contributed by atoms with Gasteiger partial charge >= 0.3 is 0 Å². The van der Waals surface area contributed by atoms with Gasteiger partial charge in [0, 0.05) is 12.1 Å². The third-order valence-electron chi connectivity index (χ3n) is 3.53. The monoisotopic (exact) mass is 323 g/mol. The molecule has 0 aliphatic heterocycles. The van der Waals surface area contributed by atoms with Crippen LogP contribution in [0.25, 0.3) is 11.4 Å². The van der Waals surface area contributed by atoms with Crippen molar-refractivity contribution in [3.05, 3.63) is 28.6 Å². The largest absolute Gasteiger partial charge is 0.496 e. The number of aromatic nitrogens is 2. The Kier molecular flexibility index (Phi) is 3.06. The van der Waals surface area contributed by atoms with Gasteiger partial charge in [-0.3, -0.25) is 0 Å². The molecule has 0 bridgehead atoms. The van der Waals surface area contributed by atoms with Crippen LogP contribution in [0.3, 0.4) is 0 Å². The average Bonchev–Trinajstić information content (AvgIpc) is 3.08. The predicted molar refractivity (Wildman–Crippen MR) is 74.0 cm³/mol. The first-order valence-electron chi connectivity index (χ1n) is 6.07. The van der Waals surface area contributed by atoms with E-state index in [1.807, 2.05) is 18.2 Å². The molecule has 0 amide bonds. The second kappa shape index (κ2) is 4.61. The quantitative estimate of drug-likeness (QED) is 0.935. The fourth-order valence-electron chi connectivity index (χ4n) is 2.02. The molecular formula is C13H14BrN3O2. The highest BCUT2D eigenvalue weighted by atomic mass is 79.9. The molecule has 1 heterocycles. The lowest BCUT2D eigenvalue weighted by Gasteiger charge is -2.04. The minimum Gasteiger partial charge on any atom is -0.496 e. The summed E-state index contributed by atoms with van der Waals surface area (Å²) < 4.78 is 11.4. The van der Waals surface area contributed by atoms with Crippen LogP contribution < -0.4 is 10.5 Å². The first kappa shape index (κ1) is 12.6. The van der Waals surface area contributed by atoms with Gasteiger partial charge in [-0.25, -0.2) is 0 Å². The summed E-state index contributed by atoms with van der Waals surface area (Å²) in [7, 11) is 1.63. The number of methoxy groups -OCH3 is 1. The van der Waals surface area contributed by atoms with Gasteiger partial charge in [0.15, 0.2) is 0 Å². The van der Waals surface area contributed by atoms with E-state index in [1.165, 1.54) is 0 Å². The zero-order chi connectivity index (χ0) is 13.5. The Labute approximate surface area is 119 Å². The molecule has 0 saturated heterocycles. The Morgan fingerprint density at radius 3 is 2.84 bits per heavy atom. The van der Waals surface area contributed by atoms with E-state index in [0.717, 1.165) is 28.6 Å². The molecule has 0 atom stereocenters. The topological polar surface area (TPSA) is 74.2 Å². The Morgan fingerprint density at radius 2 is 2.26 bits per heavy atom. The number of rotatable bonds is 4. The summed E-state index contributed by atoms with van der Waals surface area (Å²) in [5.74, 6) is 2.00. The highest BCUT2D eigenvalue weighted by Gasteiger charge is 2.48. The summed E-state index contributed by atoms with van der Waals surface area (Å²) in [5.41, 5.74) is 6.57. The molecule has 100 valence electrons. The highest BCUT2D eigenvalue weighted by Crippen LogP contribution is 2.46. The molecule has 19 heavy (non-hydrogen) atoms. The lowest BCUT2D eigenvalue weighted by Crippen LogP contribution is -2.19. The molecule has 2 aromatic rings. The minimum absolute atomic E-state index is 0.0745. The summed E-state index contributed by atoms with van der Waals surface area (Å²) in [6, 6.07) is 5.68. The molecule has 0 unspecified atom stereocenters. The van der Waals surface area contributed by atoms with Crippen LogP contribution in [0.1, 0.15) is 18.7 Å². The molecule has 1 fully saturated rings. The first-order valence-corrected chi connectivity index (χ1v) is 6.86. The van der Waals surface area contributed by atoms with E-state index in [9.17, 15) is 0 Å². The SMILES string of the molecule is COc1ccc(-c2noc(C3(CN)CC3)n2)cc1Br. The van der Waals surface area contributed by atoms with Crippen molar-refractivity contribution >= 4 is 15.9 Å². The highest BCUT2D eigenvalue weighted by molar-refractivity contribution is 9.10. The maximum Gasteiger partial charge on any atom is 0.234 e. The van der Waals surface area contributed by atoms with Crippen LogP contribution in [0.2, 0.25) is 0 Å². The van der Waals surface area contributed by atoms with E-state index >= 15 is 0 Å². The van der Waals surface area contributed by atoms with Gasteiger partial charge in [-0.2, -0.15) is 4.98 Å². The molecule has 1 saturated carbocycles. The van der Waals surface area contributed by atoms with E-state index in [1.54, 1.807) is 7.11 Å². The number of hydrogen-bond acceptors (Lipinski definition) is 5. The van der Waals surface area contributed by atoms with Crippen molar-refractivity contribution in [2.24, 2.45) is 5.73 Å². The Balaban J connectivity index is 1.93. The number of ether oxygens (including phenoxy) is 1. The van der Waals surface area contributed by atoms with Gasteiger partial charge in [-0.05, 0) is 47.0 Å². The van der Waals surface area contributed by atoms with Crippen molar-refractivity contribution in [1.82, 2.24) is 10.1 Å². The van der Waals surface area contributed by atoms with Crippen LogP contribution in [0.5, 0.6) is 5.75 Å². The van der Waals surface area contributed by atoms with Crippen LogP contribution in [0.4, 0.5) is 0 Å². The van der Waals surface area contributed by atoms with Crippen LogP contribution in [-0.2, 0) is 5.41 Å². The van der Waals surface area contributed by atoms with Crippen molar-refractivity contribution in [2.45, 2.75) is 18.3 Å². The molecule has 6 heteroatoms. The van der Waals surface area contributed by atoms with Gasteiger partial charge < -0.3 is 15.0 Å². The fraction of sp³-hybridized carbons (Fsp3) is 0.385. The molecule has 3 rings (SSSR count). The number of halogens is 1. The molecule has 2 N–H and O–H groups in total. The normalized spacial score (nSPS) is 16.4. The predicted octanol–water partition coefficient (Wildman–Crippen LogP) is 2.50. The third-order valence-corrected chi connectivity index (χ3v) is 4.15. The molecule has 0 spiro atoms. The number of hydrogen-bond donors (Lipinski definition) is 1. The molecule has 0 radical (unpaired) electrons. The van der Waals surface area contributed by atoms with Gasteiger partial charge in [0.25, 0.3) is 0 Å². The molecule has 1 aliphatic carbocycles. The van der Waals surface area contributed by atoms with Crippen molar-refractivity contribution in [2.75, 3.05) is 13.7 Å². The van der Waals surface area contributed by atoms with E-state index in [2.05, 4.69) is 26.1 Å². The van der Waals surface area contributed by atoms with Crippen molar-refractivity contribution in [3.8, 4) is 17.1 Å². The van der Waals surface area contributed by atoms with Gasteiger partial charge in [0.1, 0.15) is 5.75 Å². The summed E-state index contributed by atoms with van der Waals surface area (Å²) in [5, 5.41) is 4.03. The molecule has 5 nitrogen and oxygen atoms in total. The third kappa shape index (κ3) is 2.15. The van der Waals surface area contributed by atoms with Crippen molar-refractivity contribution in [1.29, 1.82) is 0 Å². The van der Waals surface area contributed by atoms with Gasteiger partial charge in [0.2, 0.25) is 11.7 Å². The lowest BCUT2D eigenvalue weighted by atomic mass is 10.1. The maximum absolute atomic E-state index is 5.76. The maximum atomic E-state index is 5.76. The minimum atomic E-state index is -0.0745. The fourth-order valence-corrected chi connectivity index (χ4v) is 2.56.